The number of carbonyl (C=O) groups excluding carboxylic acids is 1. The van der Waals surface area contributed by atoms with Crippen LogP contribution in [0.15, 0.2) is 36.4 Å². The third kappa shape index (κ3) is 4.33. The molecule has 1 aromatic carbocycles. The van der Waals surface area contributed by atoms with Crippen LogP contribution in [-0.4, -0.2) is 53.2 Å². The van der Waals surface area contributed by atoms with E-state index < -0.39 is 0 Å². The van der Waals surface area contributed by atoms with Gasteiger partial charge >= 0.3 is 0 Å². The minimum atomic E-state index is -0.0549. The maximum absolute atomic E-state index is 12.7. The number of carbonyl (C=O) groups is 1. The van der Waals surface area contributed by atoms with Crippen LogP contribution in [0, 0.1) is 0 Å². The van der Waals surface area contributed by atoms with Crippen molar-refractivity contribution in [2.24, 2.45) is 0 Å². The average molecular weight is 386 g/mol. The summed E-state index contributed by atoms with van der Waals surface area (Å²) >= 11 is 6.08. The standard InChI is InChI=1S/C20H24ClN5O/c21-15-4-3-7-17(14-15)25-10-12-26(13-11-25)20(27)18-8-9-19(24-23-18)22-16-5-1-2-6-16/h3-4,7-9,14,16H,1-2,5-6,10-13H2,(H,22,24). The van der Waals surface area contributed by atoms with Crippen LogP contribution in [0.3, 0.4) is 0 Å². The molecular formula is C20H24ClN5O. The fraction of sp³-hybridized carbons (Fsp3) is 0.450. The second-order valence-corrected chi connectivity index (χ2v) is 7.63. The third-order valence-electron chi connectivity index (χ3n) is 5.33. The first-order valence-electron chi connectivity index (χ1n) is 9.59. The second-order valence-electron chi connectivity index (χ2n) is 7.19. The first-order chi connectivity index (χ1) is 13.2. The summed E-state index contributed by atoms with van der Waals surface area (Å²) in [6.45, 7) is 2.88. The minimum Gasteiger partial charge on any atom is -0.368 e. The topological polar surface area (TPSA) is 61.4 Å². The Balaban J connectivity index is 1.33. The number of halogens is 1. The van der Waals surface area contributed by atoms with Crippen LogP contribution in [0.5, 0.6) is 0 Å². The maximum Gasteiger partial charge on any atom is 0.274 e. The van der Waals surface area contributed by atoms with Crippen molar-refractivity contribution < 1.29 is 4.79 Å². The molecule has 0 radical (unpaired) electrons. The van der Waals surface area contributed by atoms with Crippen LogP contribution in [0.1, 0.15) is 36.2 Å². The van der Waals surface area contributed by atoms with E-state index in [-0.39, 0.29) is 5.91 Å². The number of nitrogens with one attached hydrogen (secondary N) is 1. The Hall–Kier alpha value is -2.34. The molecule has 1 aliphatic heterocycles. The average Bonchev–Trinajstić information content (AvgIpc) is 3.21. The van der Waals surface area contributed by atoms with Gasteiger partial charge in [-0.25, -0.2) is 0 Å². The maximum atomic E-state index is 12.7. The van der Waals surface area contributed by atoms with Gasteiger partial charge in [-0.1, -0.05) is 30.5 Å². The van der Waals surface area contributed by atoms with E-state index >= 15 is 0 Å². The molecule has 1 saturated carbocycles. The molecule has 1 aliphatic carbocycles. The molecule has 0 unspecified atom stereocenters. The van der Waals surface area contributed by atoms with Crippen LogP contribution >= 0.6 is 11.6 Å². The van der Waals surface area contributed by atoms with E-state index in [0.717, 1.165) is 29.6 Å². The van der Waals surface area contributed by atoms with Crippen molar-refractivity contribution in [3.63, 3.8) is 0 Å². The van der Waals surface area contributed by atoms with Gasteiger partial charge < -0.3 is 15.1 Å². The van der Waals surface area contributed by atoms with Crippen molar-refractivity contribution in [3.8, 4) is 0 Å². The van der Waals surface area contributed by atoms with Gasteiger partial charge in [0.2, 0.25) is 0 Å². The first-order valence-corrected chi connectivity index (χ1v) is 9.97. The van der Waals surface area contributed by atoms with E-state index in [4.69, 9.17) is 11.6 Å². The first kappa shape index (κ1) is 18.0. The van der Waals surface area contributed by atoms with E-state index in [9.17, 15) is 4.79 Å². The normalized spacial score (nSPS) is 18.0. The molecule has 2 aromatic rings. The van der Waals surface area contributed by atoms with Crippen LogP contribution in [0.4, 0.5) is 11.5 Å². The van der Waals surface area contributed by atoms with Crippen molar-refractivity contribution >= 4 is 29.0 Å². The zero-order valence-corrected chi connectivity index (χ0v) is 16.0. The van der Waals surface area contributed by atoms with E-state index in [1.165, 1.54) is 25.7 Å². The van der Waals surface area contributed by atoms with Gasteiger partial charge in [-0.2, -0.15) is 0 Å². The number of benzene rings is 1. The molecule has 2 heterocycles. The Morgan fingerprint density at radius 1 is 1.04 bits per heavy atom. The smallest absolute Gasteiger partial charge is 0.274 e. The molecule has 7 heteroatoms. The van der Waals surface area contributed by atoms with Gasteiger partial charge in [0.25, 0.3) is 5.91 Å². The number of piperazine rings is 1. The monoisotopic (exact) mass is 385 g/mol. The van der Waals surface area contributed by atoms with E-state index in [1.54, 1.807) is 6.07 Å². The molecule has 1 aromatic heterocycles. The number of amides is 1. The van der Waals surface area contributed by atoms with Crippen molar-refractivity contribution in [1.82, 2.24) is 15.1 Å². The summed E-state index contributed by atoms with van der Waals surface area (Å²) in [7, 11) is 0. The number of rotatable bonds is 4. The zero-order valence-electron chi connectivity index (χ0n) is 15.3. The highest BCUT2D eigenvalue weighted by atomic mass is 35.5. The molecule has 142 valence electrons. The van der Waals surface area contributed by atoms with E-state index in [1.807, 2.05) is 35.2 Å². The van der Waals surface area contributed by atoms with E-state index in [2.05, 4.69) is 20.4 Å². The number of aromatic nitrogens is 2. The quantitative estimate of drug-likeness (QED) is 0.873. The fourth-order valence-corrected chi connectivity index (χ4v) is 3.99. The lowest BCUT2D eigenvalue weighted by atomic mass is 10.2. The van der Waals surface area contributed by atoms with Crippen LogP contribution in [0.25, 0.3) is 0 Å². The summed E-state index contributed by atoms with van der Waals surface area (Å²) in [6, 6.07) is 11.9. The predicted octanol–water partition coefficient (Wildman–Crippen LogP) is 3.45. The van der Waals surface area contributed by atoms with Crippen LogP contribution < -0.4 is 10.2 Å². The zero-order chi connectivity index (χ0) is 18.6. The van der Waals surface area contributed by atoms with Gasteiger partial charge in [0.05, 0.1) is 0 Å². The van der Waals surface area contributed by atoms with Gasteiger partial charge in [0.15, 0.2) is 5.69 Å². The molecule has 1 N–H and O–H groups in total. The Morgan fingerprint density at radius 3 is 2.48 bits per heavy atom. The SMILES string of the molecule is O=C(c1ccc(NC2CCCC2)nn1)N1CCN(c2cccc(Cl)c2)CC1. The lowest BCUT2D eigenvalue weighted by molar-refractivity contribution is 0.0739. The summed E-state index contributed by atoms with van der Waals surface area (Å²) in [5, 5.41) is 12.5. The largest absolute Gasteiger partial charge is 0.368 e. The van der Waals surface area contributed by atoms with Gasteiger partial charge in [-0.15, -0.1) is 10.2 Å². The Labute approximate surface area is 164 Å². The van der Waals surface area contributed by atoms with Gasteiger partial charge in [0, 0.05) is 42.9 Å². The molecule has 2 aliphatic rings. The number of nitrogens with zero attached hydrogens (tertiary/aromatic N) is 4. The minimum absolute atomic E-state index is 0.0549. The number of anilines is 2. The van der Waals surface area contributed by atoms with Gasteiger partial charge in [-0.05, 0) is 43.2 Å². The number of hydrogen-bond donors (Lipinski definition) is 1. The van der Waals surface area contributed by atoms with Gasteiger partial charge in [-0.3, -0.25) is 4.79 Å². The molecule has 1 saturated heterocycles. The molecule has 2 fully saturated rings. The molecule has 27 heavy (non-hydrogen) atoms. The molecule has 1 amide bonds. The summed E-state index contributed by atoms with van der Waals surface area (Å²) in [4.78, 5) is 16.8. The summed E-state index contributed by atoms with van der Waals surface area (Å²) < 4.78 is 0. The molecular weight excluding hydrogens is 362 g/mol. The van der Waals surface area contributed by atoms with Gasteiger partial charge in [0.1, 0.15) is 5.82 Å². The molecule has 4 rings (SSSR count). The highest BCUT2D eigenvalue weighted by molar-refractivity contribution is 6.30. The van der Waals surface area contributed by atoms with Crippen molar-refractivity contribution in [2.45, 2.75) is 31.7 Å². The summed E-state index contributed by atoms with van der Waals surface area (Å²) in [5.74, 6) is 0.699. The molecule has 0 bridgehead atoms. The van der Waals surface area contributed by atoms with Crippen LogP contribution in [-0.2, 0) is 0 Å². The second kappa shape index (κ2) is 8.13. The summed E-state index contributed by atoms with van der Waals surface area (Å²) in [5.41, 5.74) is 1.50. The lowest BCUT2D eigenvalue weighted by Gasteiger charge is -2.36. The molecule has 0 spiro atoms. The Kier molecular flexibility index (Phi) is 5.43. The van der Waals surface area contributed by atoms with Crippen LogP contribution in [0.2, 0.25) is 5.02 Å². The fourth-order valence-electron chi connectivity index (χ4n) is 3.81. The third-order valence-corrected chi connectivity index (χ3v) is 5.57. The predicted molar refractivity (Wildman–Crippen MR) is 107 cm³/mol. The lowest BCUT2D eigenvalue weighted by Crippen LogP contribution is -2.49. The number of hydrogen-bond acceptors (Lipinski definition) is 5. The van der Waals surface area contributed by atoms with E-state index in [0.29, 0.717) is 24.8 Å². The van der Waals surface area contributed by atoms with Crippen molar-refractivity contribution in [3.05, 3.63) is 47.1 Å². The molecule has 6 nitrogen and oxygen atoms in total. The van der Waals surface area contributed by atoms with Crippen molar-refractivity contribution in [1.29, 1.82) is 0 Å². The van der Waals surface area contributed by atoms with Crippen molar-refractivity contribution in [2.75, 3.05) is 36.4 Å². The highest BCUT2D eigenvalue weighted by Crippen LogP contribution is 2.22. The highest BCUT2D eigenvalue weighted by Gasteiger charge is 2.24. The molecule has 0 atom stereocenters. The Morgan fingerprint density at radius 2 is 1.81 bits per heavy atom. The summed E-state index contributed by atoms with van der Waals surface area (Å²) in [6.07, 6.45) is 4.89. The Bertz CT molecular complexity index is 783.